The Kier molecular flexibility index (Phi) is 4.02. The van der Waals surface area contributed by atoms with Crippen molar-refractivity contribution in [2.24, 2.45) is 0 Å². The quantitative estimate of drug-likeness (QED) is 0.803. The predicted octanol–water partition coefficient (Wildman–Crippen LogP) is 3.47. The minimum absolute atomic E-state index is 0.181. The Morgan fingerprint density at radius 3 is 1.89 bits per heavy atom. The van der Waals surface area contributed by atoms with E-state index in [1.807, 2.05) is 30.3 Å². The highest BCUT2D eigenvalue weighted by Gasteiger charge is 2.16. The second kappa shape index (κ2) is 5.55. The van der Waals surface area contributed by atoms with Gasteiger partial charge in [-0.3, -0.25) is 4.18 Å². The molecule has 0 unspecified atom stereocenters. The zero-order valence-corrected chi connectivity index (χ0v) is 11.7. The molecule has 0 saturated heterocycles. The fourth-order valence-corrected chi connectivity index (χ4v) is 2.84. The molecule has 0 fully saturated rings. The van der Waals surface area contributed by atoms with Crippen molar-refractivity contribution in [3.8, 4) is 11.1 Å². The zero-order chi connectivity index (χ0) is 13.9. The molecular weight excluding hydrogens is 260 g/mol. The molecule has 2 aromatic rings. The first-order valence-corrected chi connectivity index (χ1v) is 7.48. The summed E-state index contributed by atoms with van der Waals surface area (Å²) in [6.45, 7) is 3.38. The molecule has 0 N–H and O–H groups in total. The van der Waals surface area contributed by atoms with Gasteiger partial charge in [0.2, 0.25) is 0 Å². The minimum atomic E-state index is -3.66. The highest BCUT2D eigenvalue weighted by molar-refractivity contribution is 7.86. The van der Waals surface area contributed by atoms with Crippen LogP contribution < -0.4 is 0 Å². The van der Waals surface area contributed by atoms with Crippen LogP contribution in [0.5, 0.6) is 0 Å². The summed E-state index contributed by atoms with van der Waals surface area (Å²) in [5, 5.41) is 0. The van der Waals surface area contributed by atoms with Gasteiger partial charge in [-0.05, 0) is 37.1 Å². The van der Waals surface area contributed by atoms with E-state index in [4.69, 9.17) is 4.18 Å². The van der Waals surface area contributed by atoms with Crippen LogP contribution in [0.2, 0.25) is 0 Å². The average molecular weight is 276 g/mol. The molecule has 0 aliphatic rings. The van der Waals surface area contributed by atoms with Crippen molar-refractivity contribution in [1.82, 2.24) is 0 Å². The van der Waals surface area contributed by atoms with Gasteiger partial charge in [0, 0.05) is 0 Å². The SMILES string of the molecule is CC(C)OS(=O)(=O)c1ccc(-c2ccccc2)cc1. The Balaban J connectivity index is 2.29. The molecule has 0 atom stereocenters. The molecule has 0 amide bonds. The monoisotopic (exact) mass is 276 g/mol. The van der Waals surface area contributed by atoms with E-state index in [-0.39, 0.29) is 11.0 Å². The van der Waals surface area contributed by atoms with Crippen LogP contribution in [0.3, 0.4) is 0 Å². The molecule has 2 rings (SSSR count). The first-order valence-electron chi connectivity index (χ1n) is 6.08. The van der Waals surface area contributed by atoms with Crippen molar-refractivity contribution in [3.63, 3.8) is 0 Å². The van der Waals surface area contributed by atoms with Crippen LogP contribution in [-0.2, 0) is 14.3 Å². The Morgan fingerprint density at radius 2 is 1.37 bits per heavy atom. The third kappa shape index (κ3) is 3.43. The smallest absolute Gasteiger partial charge is 0.264 e. The van der Waals surface area contributed by atoms with Crippen LogP contribution in [0.15, 0.2) is 59.5 Å². The zero-order valence-electron chi connectivity index (χ0n) is 10.9. The van der Waals surface area contributed by atoms with Gasteiger partial charge in [-0.15, -0.1) is 0 Å². The Hall–Kier alpha value is -1.65. The average Bonchev–Trinajstić information content (AvgIpc) is 2.38. The fourth-order valence-electron chi connectivity index (χ4n) is 1.75. The highest BCUT2D eigenvalue weighted by Crippen LogP contribution is 2.22. The van der Waals surface area contributed by atoms with E-state index >= 15 is 0 Å². The Morgan fingerprint density at radius 1 is 0.842 bits per heavy atom. The van der Waals surface area contributed by atoms with Gasteiger partial charge in [-0.2, -0.15) is 8.42 Å². The van der Waals surface area contributed by atoms with Crippen LogP contribution in [0, 0.1) is 0 Å². The molecule has 3 nitrogen and oxygen atoms in total. The van der Waals surface area contributed by atoms with Gasteiger partial charge in [-0.25, -0.2) is 0 Å². The van der Waals surface area contributed by atoms with E-state index in [9.17, 15) is 8.42 Å². The summed E-state index contributed by atoms with van der Waals surface area (Å²) in [6, 6.07) is 16.5. The summed E-state index contributed by atoms with van der Waals surface area (Å²) in [5.74, 6) is 0. The van der Waals surface area contributed by atoms with Crippen molar-refractivity contribution in [2.45, 2.75) is 24.8 Å². The molecular formula is C15H16O3S. The lowest BCUT2D eigenvalue weighted by Gasteiger charge is -2.09. The molecule has 100 valence electrons. The molecule has 0 aliphatic heterocycles. The summed E-state index contributed by atoms with van der Waals surface area (Å²) in [5.41, 5.74) is 2.03. The fraction of sp³-hybridized carbons (Fsp3) is 0.200. The maximum Gasteiger partial charge on any atom is 0.297 e. The number of rotatable bonds is 4. The number of hydrogen-bond donors (Lipinski definition) is 0. The van der Waals surface area contributed by atoms with Gasteiger partial charge in [0.05, 0.1) is 11.0 Å². The first kappa shape index (κ1) is 13.8. The summed E-state index contributed by atoms with van der Waals surface area (Å²) < 4.78 is 28.7. The summed E-state index contributed by atoms with van der Waals surface area (Å²) >= 11 is 0. The predicted molar refractivity (Wildman–Crippen MR) is 75.3 cm³/mol. The van der Waals surface area contributed by atoms with Gasteiger partial charge < -0.3 is 0 Å². The molecule has 0 heterocycles. The summed E-state index contributed by atoms with van der Waals surface area (Å²) in [4.78, 5) is 0.181. The molecule has 4 heteroatoms. The second-order valence-electron chi connectivity index (χ2n) is 4.49. The van der Waals surface area contributed by atoms with Gasteiger partial charge >= 0.3 is 0 Å². The van der Waals surface area contributed by atoms with E-state index in [1.165, 1.54) is 0 Å². The maximum absolute atomic E-state index is 11.9. The second-order valence-corrected chi connectivity index (χ2v) is 6.06. The van der Waals surface area contributed by atoms with E-state index in [1.54, 1.807) is 38.1 Å². The van der Waals surface area contributed by atoms with Crippen molar-refractivity contribution < 1.29 is 12.6 Å². The standard InChI is InChI=1S/C15H16O3S/c1-12(2)18-19(16,17)15-10-8-14(9-11-15)13-6-4-3-5-7-13/h3-12H,1-2H3. The van der Waals surface area contributed by atoms with Crippen molar-refractivity contribution in [3.05, 3.63) is 54.6 Å². The van der Waals surface area contributed by atoms with Gasteiger partial charge in [0.25, 0.3) is 10.1 Å². The molecule has 0 aromatic heterocycles. The third-order valence-electron chi connectivity index (χ3n) is 2.57. The van der Waals surface area contributed by atoms with Gasteiger partial charge in [0.1, 0.15) is 0 Å². The third-order valence-corrected chi connectivity index (χ3v) is 4.06. The van der Waals surface area contributed by atoms with Crippen LogP contribution in [0.4, 0.5) is 0 Å². The van der Waals surface area contributed by atoms with E-state index in [0.717, 1.165) is 11.1 Å². The largest absolute Gasteiger partial charge is 0.297 e. The topological polar surface area (TPSA) is 43.4 Å². The van der Waals surface area contributed by atoms with E-state index in [2.05, 4.69) is 0 Å². The van der Waals surface area contributed by atoms with E-state index in [0.29, 0.717) is 0 Å². The Bertz CT molecular complexity index is 629. The summed E-state index contributed by atoms with van der Waals surface area (Å²) in [6.07, 6.45) is -0.362. The van der Waals surface area contributed by atoms with Gasteiger partial charge in [-0.1, -0.05) is 42.5 Å². The maximum atomic E-state index is 11.9. The molecule has 0 saturated carbocycles. The molecule has 0 bridgehead atoms. The summed E-state index contributed by atoms with van der Waals surface area (Å²) in [7, 11) is -3.66. The lowest BCUT2D eigenvalue weighted by atomic mass is 10.1. The van der Waals surface area contributed by atoms with Crippen LogP contribution in [0.1, 0.15) is 13.8 Å². The Labute approximate surface area is 114 Å². The van der Waals surface area contributed by atoms with Crippen LogP contribution in [0.25, 0.3) is 11.1 Å². The van der Waals surface area contributed by atoms with Crippen LogP contribution >= 0.6 is 0 Å². The molecule has 0 spiro atoms. The molecule has 0 aliphatic carbocycles. The lowest BCUT2D eigenvalue weighted by molar-refractivity contribution is 0.249. The lowest BCUT2D eigenvalue weighted by Crippen LogP contribution is -2.12. The van der Waals surface area contributed by atoms with Crippen molar-refractivity contribution in [2.75, 3.05) is 0 Å². The molecule has 2 aromatic carbocycles. The van der Waals surface area contributed by atoms with E-state index < -0.39 is 10.1 Å². The van der Waals surface area contributed by atoms with Crippen molar-refractivity contribution >= 4 is 10.1 Å². The molecule has 19 heavy (non-hydrogen) atoms. The number of benzene rings is 2. The van der Waals surface area contributed by atoms with Gasteiger partial charge in [0.15, 0.2) is 0 Å². The minimum Gasteiger partial charge on any atom is -0.264 e. The van der Waals surface area contributed by atoms with Crippen molar-refractivity contribution in [1.29, 1.82) is 0 Å². The number of hydrogen-bond acceptors (Lipinski definition) is 3. The normalized spacial score (nSPS) is 11.7. The molecule has 0 radical (unpaired) electrons. The first-order chi connectivity index (χ1) is 8.99. The highest BCUT2D eigenvalue weighted by atomic mass is 32.2. The van der Waals surface area contributed by atoms with Crippen LogP contribution in [-0.4, -0.2) is 14.5 Å².